The van der Waals surface area contributed by atoms with Gasteiger partial charge in [-0.15, -0.1) is 0 Å². The van der Waals surface area contributed by atoms with Crippen LogP contribution in [-0.4, -0.2) is 0 Å². The molecule has 0 bridgehead atoms. The van der Waals surface area contributed by atoms with E-state index < -0.39 is 17.2 Å². The van der Waals surface area contributed by atoms with Crippen molar-refractivity contribution in [3.63, 3.8) is 0 Å². The Hall–Kier alpha value is -4.50. The van der Waals surface area contributed by atoms with E-state index in [9.17, 15) is 0 Å². The van der Waals surface area contributed by atoms with Gasteiger partial charge >= 0.3 is 17.2 Å². The van der Waals surface area contributed by atoms with Gasteiger partial charge in [-0.1, -0.05) is 60.7 Å². The summed E-state index contributed by atoms with van der Waals surface area (Å²) in [4.78, 5) is 0. The van der Waals surface area contributed by atoms with Crippen LogP contribution in [0.25, 0.3) is 32.7 Å². The van der Waals surface area contributed by atoms with E-state index in [1.807, 2.05) is 86.6 Å². The molecule has 0 saturated heterocycles. The molecule has 0 saturated carbocycles. The molecule has 6 aromatic rings. The van der Waals surface area contributed by atoms with Crippen molar-refractivity contribution in [2.24, 2.45) is 0 Å². The van der Waals surface area contributed by atoms with Gasteiger partial charge in [-0.25, -0.2) is 0 Å². The molecule has 44 heavy (non-hydrogen) atoms. The monoisotopic (exact) mass is 618 g/mol. The largest absolute Gasteiger partial charge is 0.530 e. The van der Waals surface area contributed by atoms with Gasteiger partial charge in [-0.05, 0) is 97.1 Å². The zero-order valence-electron chi connectivity index (χ0n) is 24.6. The van der Waals surface area contributed by atoms with Gasteiger partial charge in [0, 0.05) is 11.1 Å². The second kappa shape index (κ2) is 10.6. The number of aryl methyl sites for hydroxylation is 4. The van der Waals surface area contributed by atoms with E-state index in [-0.39, 0.29) is 0 Å². The van der Waals surface area contributed by atoms with Gasteiger partial charge < -0.3 is 27.1 Å². The van der Waals surface area contributed by atoms with Gasteiger partial charge in [0.1, 0.15) is 34.5 Å². The van der Waals surface area contributed by atoms with Gasteiger partial charge in [-0.2, -0.15) is 0 Å². The maximum Gasteiger partial charge on any atom is 0.530 e. The highest BCUT2D eigenvalue weighted by atomic mass is 31.2. The molecule has 0 amide bonds. The van der Waals surface area contributed by atoms with Crippen LogP contribution < -0.4 is 27.1 Å². The Morgan fingerprint density at radius 3 is 1.14 bits per heavy atom. The van der Waals surface area contributed by atoms with Crippen LogP contribution in [0.1, 0.15) is 22.3 Å². The molecular formula is C36H28O6P2. The lowest BCUT2D eigenvalue weighted by molar-refractivity contribution is 0.377. The van der Waals surface area contributed by atoms with Crippen LogP contribution >= 0.6 is 17.2 Å². The summed E-state index contributed by atoms with van der Waals surface area (Å²) >= 11 is 0. The fourth-order valence-corrected chi connectivity index (χ4v) is 8.24. The zero-order chi connectivity index (χ0) is 29.9. The van der Waals surface area contributed by atoms with Crippen LogP contribution in [0.15, 0.2) is 97.1 Å². The minimum absolute atomic E-state index is 0.677. The highest BCUT2D eigenvalue weighted by Crippen LogP contribution is 2.56. The molecule has 0 N–H and O–H groups in total. The fraction of sp³-hybridized carbons (Fsp3) is 0.111. The standard InChI is InChI=1S/C36H28O6P2/c1-21-17-23(3)35(41-43-37-29-13-5-9-25-10-6-14-30(38-43)33(25)29)27(19-21)28-20-22(2)18-24(4)36(28)42-44-39-31-15-7-11-26-12-8-16-32(40-44)34(26)31/h5-20H,1-4H3. The summed E-state index contributed by atoms with van der Waals surface area (Å²) in [5.74, 6) is 4.36. The van der Waals surface area contributed by atoms with Gasteiger partial charge in [0.2, 0.25) is 0 Å². The Bertz CT molecular complexity index is 1880. The van der Waals surface area contributed by atoms with Crippen molar-refractivity contribution >= 4 is 38.7 Å². The Morgan fingerprint density at radius 1 is 0.455 bits per heavy atom. The first-order valence-electron chi connectivity index (χ1n) is 14.4. The lowest BCUT2D eigenvalue weighted by Crippen LogP contribution is -2.09. The van der Waals surface area contributed by atoms with Crippen LogP contribution in [-0.2, 0) is 0 Å². The van der Waals surface area contributed by atoms with Crippen molar-refractivity contribution in [2.45, 2.75) is 27.7 Å². The third kappa shape index (κ3) is 4.66. The van der Waals surface area contributed by atoms with Gasteiger partial charge in [-0.3, -0.25) is 0 Å². The minimum atomic E-state index is -1.77. The Morgan fingerprint density at radius 2 is 0.795 bits per heavy atom. The Labute approximate surface area is 258 Å². The first-order valence-corrected chi connectivity index (χ1v) is 16.5. The predicted molar refractivity (Wildman–Crippen MR) is 176 cm³/mol. The van der Waals surface area contributed by atoms with Crippen LogP contribution in [0, 0.1) is 27.7 Å². The van der Waals surface area contributed by atoms with E-state index >= 15 is 0 Å². The van der Waals surface area contributed by atoms with Crippen LogP contribution in [0.5, 0.6) is 34.5 Å². The summed E-state index contributed by atoms with van der Waals surface area (Å²) in [5.41, 5.74) is 5.89. The summed E-state index contributed by atoms with van der Waals surface area (Å²) in [6.07, 6.45) is 0. The number of hydrogen-bond acceptors (Lipinski definition) is 6. The van der Waals surface area contributed by atoms with Crippen LogP contribution in [0.3, 0.4) is 0 Å². The topological polar surface area (TPSA) is 55.4 Å². The third-order valence-corrected chi connectivity index (χ3v) is 9.85. The van der Waals surface area contributed by atoms with Crippen molar-refractivity contribution < 1.29 is 27.1 Å². The van der Waals surface area contributed by atoms with Crippen LogP contribution in [0.4, 0.5) is 0 Å². The molecule has 6 aromatic carbocycles. The quantitative estimate of drug-likeness (QED) is 0.179. The summed E-state index contributed by atoms with van der Waals surface area (Å²) in [5, 5.41) is 4.03. The lowest BCUT2D eigenvalue weighted by atomic mass is 9.95. The van der Waals surface area contributed by atoms with E-state index in [0.717, 1.165) is 77.9 Å². The smallest absolute Gasteiger partial charge is 0.408 e. The first kappa shape index (κ1) is 27.1. The van der Waals surface area contributed by atoms with Gasteiger partial charge in [0.15, 0.2) is 0 Å². The van der Waals surface area contributed by atoms with Crippen molar-refractivity contribution in [1.29, 1.82) is 0 Å². The number of benzene rings is 6. The summed E-state index contributed by atoms with van der Waals surface area (Å²) in [6, 6.07) is 32.4. The summed E-state index contributed by atoms with van der Waals surface area (Å²) < 4.78 is 38.4. The Balaban J connectivity index is 1.17. The maximum absolute atomic E-state index is 6.63. The van der Waals surface area contributed by atoms with Crippen molar-refractivity contribution in [3.8, 4) is 45.6 Å². The average Bonchev–Trinajstić information content (AvgIpc) is 3.00. The maximum atomic E-state index is 6.63. The molecule has 6 nitrogen and oxygen atoms in total. The summed E-state index contributed by atoms with van der Waals surface area (Å²) in [6.45, 7) is 8.23. The predicted octanol–water partition coefficient (Wildman–Crippen LogP) is 11.0. The van der Waals surface area contributed by atoms with Crippen molar-refractivity contribution in [2.75, 3.05) is 0 Å². The van der Waals surface area contributed by atoms with E-state index in [1.165, 1.54) is 0 Å². The molecule has 2 aliphatic heterocycles. The van der Waals surface area contributed by atoms with Crippen molar-refractivity contribution in [1.82, 2.24) is 0 Å². The molecular weight excluding hydrogens is 590 g/mol. The molecule has 2 heterocycles. The number of rotatable bonds is 5. The highest BCUT2D eigenvalue weighted by molar-refractivity contribution is 7.43. The molecule has 0 aliphatic carbocycles. The molecule has 0 spiro atoms. The second-order valence-electron chi connectivity index (χ2n) is 11.1. The SMILES string of the molecule is Cc1cc(C)c(OP2Oc3cccc4cccc(c34)O2)c(-c2cc(C)cc(C)c2OP2Oc3cccc4cccc(c34)O2)c1. The van der Waals surface area contributed by atoms with E-state index in [4.69, 9.17) is 27.1 Å². The summed E-state index contributed by atoms with van der Waals surface area (Å²) in [7, 11) is -3.54. The molecule has 0 unspecified atom stereocenters. The molecule has 0 fully saturated rings. The van der Waals surface area contributed by atoms with E-state index in [2.05, 4.69) is 38.1 Å². The normalized spacial score (nSPS) is 14.0. The fourth-order valence-electron chi connectivity index (χ4n) is 5.98. The van der Waals surface area contributed by atoms with E-state index in [1.54, 1.807) is 0 Å². The average molecular weight is 619 g/mol. The third-order valence-electron chi connectivity index (χ3n) is 7.81. The molecule has 218 valence electrons. The number of hydrogen-bond donors (Lipinski definition) is 0. The minimum Gasteiger partial charge on any atom is -0.408 e. The van der Waals surface area contributed by atoms with Gasteiger partial charge in [0.05, 0.1) is 10.8 Å². The lowest BCUT2D eigenvalue weighted by Gasteiger charge is -2.27. The molecule has 8 rings (SSSR count). The molecule has 0 atom stereocenters. The van der Waals surface area contributed by atoms with Crippen LogP contribution in [0.2, 0.25) is 0 Å². The molecule has 0 aromatic heterocycles. The van der Waals surface area contributed by atoms with Gasteiger partial charge in [0.25, 0.3) is 0 Å². The second-order valence-corrected chi connectivity index (χ2v) is 13.1. The Kier molecular flexibility index (Phi) is 6.52. The first-order chi connectivity index (χ1) is 21.4. The molecule has 2 aliphatic rings. The zero-order valence-corrected chi connectivity index (χ0v) is 26.4. The van der Waals surface area contributed by atoms with Crippen molar-refractivity contribution in [3.05, 3.63) is 119 Å². The molecule has 0 radical (unpaired) electrons. The molecule has 8 heteroatoms. The van der Waals surface area contributed by atoms with E-state index in [0.29, 0.717) is 11.5 Å². The highest BCUT2D eigenvalue weighted by Gasteiger charge is 2.32.